The lowest BCUT2D eigenvalue weighted by molar-refractivity contribution is 0.907. The van der Waals surface area contributed by atoms with Gasteiger partial charge in [-0.2, -0.15) is 0 Å². The van der Waals surface area contributed by atoms with Gasteiger partial charge in [0.05, 0.1) is 6.04 Å². The van der Waals surface area contributed by atoms with Crippen LogP contribution < -0.4 is 10.2 Å². The molecule has 0 spiro atoms. The van der Waals surface area contributed by atoms with Crippen molar-refractivity contribution in [3.63, 3.8) is 0 Å². The summed E-state index contributed by atoms with van der Waals surface area (Å²) < 4.78 is 1.15. The van der Waals surface area contributed by atoms with Crippen LogP contribution in [0.15, 0.2) is 40.2 Å². The molecule has 0 aliphatic carbocycles. The quantitative estimate of drug-likeness (QED) is 0.873. The average molecular weight is 325 g/mol. The van der Waals surface area contributed by atoms with Gasteiger partial charge in [0.2, 0.25) is 0 Å². The number of benzene rings is 1. The minimum absolute atomic E-state index is 0.318. The zero-order chi connectivity index (χ0) is 13.1. The van der Waals surface area contributed by atoms with Crippen molar-refractivity contribution in [3.8, 4) is 0 Å². The second-order valence-electron chi connectivity index (χ2n) is 4.48. The zero-order valence-electron chi connectivity index (χ0n) is 10.8. The third-order valence-corrected chi connectivity index (χ3v) is 4.64. The number of nitrogens with zero attached hydrogens (tertiary/aromatic N) is 1. The topological polar surface area (TPSA) is 15.3 Å². The maximum atomic E-state index is 3.53. The monoisotopic (exact) mass is 324 g/mol. The maximum absolute atomic E-state index is 3.53. The summed E-state index contributed by atoms with van der Waals surface area (Å²) in [5.41, 5.74) is 2.36. The number of halogens is 1. The molecule has 1 aromatic carbocycles. The Morgan fingerprint density at radius 3 is 2.67 bits per heavy atom. The van der Waals surface area contributed by atoms with Crippen LogP contribution >= 0.6 is 27.3 Å². The summed E-state index contributed by atoms with van der Waals surface area (Å²) in [5, 5.41) is 5.64. The molecule has 18 heavy (non-hydrogen) atoms. The third-order valence-electron chi connectivity index (χ3n) is 2.76. The second-order valence-corrected chi connectivity index (χ2v) is 6.34. The first-order valence-electron chi connectivity index (χ1n) is 5.84. The fourth-order valence-electron chi connectivity index (χ4n) is 1.75. The van der Waals surface area contributed by atoms with Crippen LogP contribution in [-0.4, -0.2) is 14.1 Å². The second kappa shape index (κ2) is 5.76. The third kappa shape index (κ3) is 3.27. The van der Waals surface area contributed by atoms with Crippen LogP contribution in [0.4, 0.5) is 11.4 Å². The summed E-state index contributed by atoms with van der Waals surface area (Å²) in [4.78, 5) is 3.44. The Morgan fingerprint density at radius 2 is 2.06 bits per heavy atom. The highest BCUT2D eigenvalue weighted by molar-refractivity contribution is 9.10. The lowest BCUT2D eigenvalue weighted by Gasteiger charge is -2.17. The van der Waals surface area contributed by atoms with Gasteiger partial charge in [-0.05, 0) is 47.1 Å². The van der Waals surface area contributed by atoms with E-state index in [0.29, 0.717) is 6.04 Å². The Hall–Kier alpha value is -1.000. The van der Waals surface area contributed by atoms with Crippen LogP contribution in [0.25, 0.3) is 0 Å². The molecule has 1 heterocycles. The predicted octanol–water partition coefficient (Wildman–Crippen LogP) is 4.75. The number of nitrogens with one attached hydrogen (secondary N) is 1. The molecule has 1 N–H and O–H groups in total. The standard InChI is InChI=1S/C14H17BrN2S/c1-10(14-7-11(15)9-18-14)16-12-5-4-6-13(8-12)17(2)3/h4-10,16H,1-3H3. The minimum atomic E-state index is 0.318. The summed E-state index contributed by atoms with van der Waals surface area (Å²) in [7, 11) is 4.11. The van der Waals surface area contributed by atoms with Crippen molar-refractivity contribution < 1.29 is 0 Å². The van der Waals surface area contributed by atoms with Crippen LogP contribution in [0.5, 0.6) is 0 Å². The average Bonchev–Trinajstić information content (AvgIpc) is 2.76. The Bertz CT molecular complexity index is 522. The SMILES string of the molecule is CC(Nc1cccc(N(C)C)c1)c1cc(Br)cs1. The minimum Gasteiger partial charge on any atom is -0.378 e. The lowest BCUT2D eigenvalue weighted by Crippen LogP contribution is -2.10. The highest BCUT2D eigenvalue weighted by Crippen LogP contribution is 2.28. The summed E-state index contributed by atoms with van der Waals surface area (Å²) in [6, 6.07) is 10.9. The molecule has 0 amide bonds. The van der Waals surface area contributed by atoms with Crippen LogP contribution in [0.1, 0.15) is 17.8 Å². The van der Waals surface area contributed by atoms with E-state index in [2.05, 4.69) is 82.9 Å². The van der Waals surface area contributed by atoms with Crippen molar-refractivity contribution >= 4 is 38.6 Å². The summed E-state index contributed by atoms with van der Waals surface area (Å²) >= 11 is 5.26. The van der Waals surface area contributed by atoms with Crippen LogP contribution in [0, 0.1) is 0 Å². The molecule has 4 heteroatoms. The van der Waals surface area contributed by atoms with Gasteiger partial charge in [0.1, 0.15) is 0 Å². The van der Waals surface area contributed by atoms with E-state index in [9.17, 15) is 0 Å². The molecular formula is C14H17BrN2S. The largest absolute Gasteiger partial charge is 0.378 e. The van der Waals surface area contributed by atoms with E-state index in [1.807, 2.05) is 0 Å². The fraction of sp³-hybridized carbons (Fsp3) is 0.286. The normalized spacial score (nSPS) is 12.2. The highest BCUT2D eigenvalue weighted by atomic mass is 79.9. The van der Waals surface area contributed by atoms with Gasteiger partial charge >= 0.3 is 0 Å². The number of hydrogen-bond donors (Lipinski definition) is 1. The first kappa shape index (κ1) is 13.4. The van der Waals surface area contributed by atoms with E-state index >= 15 is 0 Å². The molecule has 1 aromatic heterocycles. The number of hydrogen-bond acceptors (Lipinski definition) is 3. The molecule has 2 aromatic rings. The van der Waals surface area contributed by atoms with Gasteiger partial charge in [-0.15, -0.1) is 11.3 Å². The van der Waals surface area contributed by atoms with Crippen LogP contribution in [-0.2, 0) is 0 Å². The number of rotatable bonds is 4. The molecule has 0 bridgehead atoms. The molecular weight excluding hydrogens is 308 g/mol. The summed E-state index contributed by atoms with van der Waals surface area (Å²) in [5.74, 6) is 0. The summed E-state index contributed by atoms with van der Waals surface area (Å²) in [6.45, 7) is 2.18. The number of anilines is 2. The maximum Gasteiger partial charge on any atom is 0.0578 e. The van der Waals surface area contributed by atoms with E-state index < -0.39 is 0 Å². The van der Waals surface area contributed by atoms with E-state index in [-0.39, 0.29) is 0 Å². The molecule has 0 aliphatic heterocycles. The van der Waals surface area contributed by atoms with Crippen molar-refractivity contribution in [1.29, 1.82) is 0 Å². The van der Waals surface area contributed by atoms with Gasteiger partial charge < -0.3 is 10.2 Å². The molecule has 2 nitrogen and oxygen atoms in total. The molecule has 0 aliphatic rings. The molecule has 0 radical (unpaired) electrons. The highest BCUT2D eigenvalue weighted by Gasteiger charge is 2.08. The molecule has 1 atom stereocenters. The Labute approximate surface area is 121 Å². The lowest BCUT2D eigenvalue weighted by atomic mass is 10.2. The molecule has 2 rings (SSSR count). The van der Waals surface area contributed by atoms with Crippen molar-refractivity contribution in [2.45, 2.75) is 13.0 Å². The fourth-order valence-corrected chi connectivity index (χ4v) is 3.20. The molecule has 96 valence electrons. The van der Waals surface area contributed by atoms with Crippen LogP contribution in [0.3, 0.4) is 0 Å². The van der Waals surface area contributed by atoms with Crippen LogP contribution in [0.2, 0.25) is 0 Å². The van der Waals surface area contributed by atoms with Crippen molar-refractivity contribution in [3.05, 3.63) is 45.1 Å². The number of thiophene rings is 1. The van der Waals surface area contributed by atoms with E-state index in [1.165, 1.54) is 10.6 Å². The Morgan fingerprint density at radius 1 is 1.28 bits per heavy atom. The molecule has 0 saturated carbocycles. The first-order chi connectivity index (χ1) is 8.56. The smallest absolute Gasteiger partial charge is 0.0578 e. The van der Waals surface area contributed by atoms with Gasteiger partial charge in [0.25, 0.3) is 0 Å². The molecule has 0 saturated heterocycles. The van der Waals surface area contributed by atoms with Crippen molar-refractivity contribution in [2.24, 2.45) is 0 Å². The molecule has 1 unspecified atom stereocenters. The van der Waals surface area contributed by atoms with Crippen molar-refractivity contribution in [1.82, 2.24) is 0 Å². The zero-order valence-corrected chi connectivity index (χ0v) is 13.2. The van der Waals surface area contributed by atoms with Gasteiger partial charge in [-0.1, -0.05) is 6.07 Å². The van der Waals surface area contributed by atoms with Gasteiger partial charge in [0, 0.05) is 40.2 Å². The summed E-state index contributed by atoms with van der Waals surface area (Å²) in [6.07, 6.45) is 0. The van der Waals surface area contributed by atoms with Gasteiger partial charge in [-0.3, -0.25) is 0 Å². The van der Waals surface area contributed by atoms with Gasteiger partial charge in [0.15, 0.2) is 0 Å². The Kier molecular flexibility index (Phi) is 4.30. The predicted molar refractivity (Wildman–Crippen MR) is 84.8 cm³/mol. The first-order valence-corrected chi connectivity index (χ1v) is 7.51. The van der Waals surface area contributed by atoms with E-state index in [4.69, 9.17) is 0 Å². The molecule has 0 fully saturated rings. The Balaban J connectivity index is 2.11. The van der Waals surface area contributed by atoms with Crippen molar-refractivity contribution in [2.75, 3.05) is 24.3 Å². The van der Waals surface area contributed by atoms with E-state index in [1.54, 1.807) is 11.3 Å². The van der Waals surface area contributed by atoms with Gasteiger partial charge in [-0.25, -0.2) is 0 Å². The van der Waals surface area contributed by atoms with E-state index in [0.717, 1.165) is 10.2 Å².